The zero-order valence-corrected chi connectivity index (χ0v) is 12.7. The van der Waals surface area contributed by atoms with Gasteiger partial charge in [0.2, 0.25) is 0 Å². The summed E-state index contributed by atoms with van der Waals surface area (Å²) in [6.07, 6.45) is 0.910. The highest BCUT2D eigenvalue weighted by atomic mass is 16.5. The number of carboxylic acid groups (broad SMARTS) is 1. The van der Waals surface area contributed by atoms with Crippen LogP contribution in [-0.4, -0.2) is 67.8 Å². The minimum Gasteiger partial charge on any atom is -0.481 e. The Balaban J connectivity index is 4.73. The Labute approximate surface area is 124 Å². The van der Waals surface area contributed by atoms with Crippen LogP contribution in [0.4, 0.5) is 0 Å². The van der Waals surface area contributed by atoms with Crippen molar-refractivity contribution in [2.45, 2.75) is 25.8 Å². The first-order valence-electron chi connectivity index (χ1n) is 6.64. The summed E-state index contributed by atoms with van der Waals surface area (Å²) in [5.74, 6) is -2.80. The first-order chi connectivity index (χ1) is 9.79. The van der Waals surface area contributed by atoms with E-state index in [1.54, 1.807) is 6.92 Å². The van der Waals surface area contributed by atoms with Gasteiger partial charge in [0.15, 0.2) is 0 Å². The third-order valence-corrected chi connectivity index (χ3v) is 2.96. The number of carbonyl (C=O) groups is 3. The molecule has 0 aromatic rings. The zero-order chi connectivity index (χ0) is 16.4. The van der Waals surface area contributed by atoms with E-state index in [-0.39, 0.29) is 25.7 Å². The number of carboxylic acids is 1. The van der Waals surface area contributed by atoms with Crippen molar-refractivity contribution < 1.29 is 29.0 Å². The molecule has 0 saturated carbocycles. The molecular weight excluding hydrogens is 280 g/mol. The summed E-state index contributed by atoms with van der Waals surface area (Å²) in [6.45, 7) is 1.49. The van der Waals surface area contributed by atoms with Gasteiger partial charge >= 0.3 is 17.9 Å². The van der Waals surface area contributed by atoms with Gasteiger partial charge in [0.1, 0.15) is 0 Å². The van der Waals surface area contributed by atoms with E-state index < -0.39 is 23.8 Å². The summed E-state index contributed by atoms with van der Waals surface area (Å²) < 4.78 is 9.07. The Morgan fingerprint density at radius 2 is 1.57 bits per heavy atom. The van der Waals surface area contributed by atoms with E-state index in [9.17, 15) is 19.5 Å². The molecule has 8 heteroatoms. The van der Waals surface area contributed by atoms with Crippen molar-refractivity contribution in [2.75, 3.05) is 33.9 Å². The third kappa shape index (κ3) is 8.98. The lowest BCUT2D eigenvalue weighted by Gasteiger charge is -2.23. The van der Waals surface area contributed by atoms with Crippen LogP contribution in [-0.2, 0) is 23.9 Å². The number of nitrogens with zero attached hydrogens (tertiary/aromatic N) is 1. The van der Waals surface area contributed by atoms with Gasteiger partial charge in [-0.1, -0.05) is 0 Å². The maximum atomic E-state index is 11.3. The molecule has 0 aromatic heterocycles. The van der Waals surface area contributed by atoms with Gasteiger partial charge in [-0.3, -0.25) is 19.3 Å². The molecule has 122 valence electrons. The molecule has 0 spiro atoms. The van der Waals surface area contributed by atoms with Crippen LogP contribution < -0.4 is 5.73 Å². The molecule has 0 fully saturated rings. The Morgan fingerprint density at radius 1 is 1.10 bits per heavy atom. The predicted molar refractivity (Wildman–Crippen MR) is 74.5 cm³/mol. The molecule has 0 radical (unpaired) electrons. The maximum Gasteiger partial charge on any atom is 0.319 e. The number of methoxy groups -OCH3 is 2. The average Bonchev–Trinajstić information content (AvgIpc) is 2.42. The van der Waals surface area contributed by atoms with Crippen molar-refractivity contribution in [1.29, 1.82) is 0 Å². The molecular formula is C13H24N2O6. The number of carbonyl (C=O) groups excluding carboxylic acids is 2. The first kappa shape index (κ1) is 19.3. The molecule has 0 aliphatic carbocycles. The monoisotopic (exact) mass is 304 g/mol. The number of hydrogen-bond acceptors (Lipinski definition) is 7. The van der Waals surface area contributed by atoms with Crippen LogP contribution >= 0.6 is 0 Å². The number of rotatable bonds is 10. The highest BCUT2D eigenvalue weighted by Gasteiger charge is 2.24. The fraction of sp³-hybridized carbons (Fsp3) is 0.769. The van der Waals surface area contributed by atoms with Crippen molar-refractivity contribution in [2.24, 2.45) is 11.7 Å². The lowest BCUT2D eigenvalue weighted by atomic mass is 10.00. The van der Waals surface area contributed by atoms with Crippen molar-refractivity contribution in [3.05, 3.63) is 0 Å². The standard InChI is InChI=1S/C13H24N2O6/c1-9(14)4-5-10(13(18)19)6-15(7-11(16)20-2)8-12(17)21-3/h9-10H,4-8,14H2,1-3H3,(H,18,19). The highest BCUT2D eigenvalue weighted by molar-refractivity contribution is 5.75. The number of hydrogen-bond donors (Lipinski definition) is 2. The van der Waals surface area contributed by atoms with Gasteiger partial charge in [-0.25, -0.2) is 0 Å². The van der Waals surface area contributed by atoms with Crippen molar-refractivity contribution >= 4 is 17.9 Å². The molecule has 0 saturated heterocycles. The van der Waals surface area contributed by atoms with Crippen LogP contribution in [0.3, 0.4) is 0 Å². The second kappa shape index (κ2) is 10.1. The molecule has 0 aromatic carbocycles. The second-order valence-corrected chi connectivity index (χ2v) is 4.91. The van der Waals surface area contributed by atoms with E-state index in [1.165, 1.54) is 19.1 Å². The molecule has 3 N–H and O–H groups in total. The van der Waals surface area contributed by atoms with Gasteiger partial charge in [-0.05, 0) is 19.8 Å². The Hall–Kier alpha value is -1.67. The molecule has 2 atom stereocenters. The zero-order valence-electron chi connectivity index (χ0n) is 12.7. The predicted octanol–water partition coefficient (Wildman–Crippen LogP) is -0.537. The lowest BCUT2D eigenvalue weighted by molar-refractivity contribution is -0.149. The van der Waals surface area contributed by atoms with Crippen LogP contribution in [0.15, 0.2) is 0 Å². The highest BCUT2D eigenvalue weighted by Crippen LogP contribution is 2.11. The SMILES string of the molecule is COC(=O)CN(CC(=O)OC)CC(CCC(C)N)C(=O)O. The van der Waals surface area contributed by atoms with Gasteiger partial charge in [0.25, 0.3) is 0 Å². The number of esters is 2. The van der Waals surface area contributed by atoms with E-state index in [2.05, 4.69) is 9.47 Å². The van der Waals surface area contributed by atoms with Crippen LogP contribution in [0.1, 0.15) is 19.8 Å². The van der Waals surface area contributed by atoms with Crippen LogP contribution in [0.2, 0.25) is 0 Å². The van der Waals surface area contributed by atoms with E-state index in [4.69, 9.17) is 5.73 Å². The van der Waals surface area contributed by atoms with E-state index >= 15 is 0 Å². The van der Waals surface area contributed by atoms with Crippen molar-refractivity contribution in [1.82, 2.24) is 4.90 Å². The van der Waals surface area contributed by atoms with Crippen molar-refractivity contribution in [3.63, 3.8) is 0 Å². The molecule has 8 nitrogen and oxygen atoms in total. The number of nitrogens with two attached hydrogens (primary N) is 1. The molecule has 0 amide bonds. The normalized spacial score (nSPS) is 13.6. The maximum absolute atomic E-state index is 11.3. The topological polar surface area (TPSA) is 119 Å². The van der Waals surface area contributed by atoms with Crippen LogP contribution in [0.5, 0.6) is 0 Å². The Kier molecular flexibility index (Phi) is 9.31. The smallest absolute Gasteiger partial charge is 0.319 e. The second-order valence-electron chi connectivity index (χ2n) is 4.91. The van der Waals surface area contributed by atoms with E-state index in [0.717, 1.165) is 0 Å². The minimum atomic E-state index is -0.990. The molecule has 0 heterocycles. The summed E-state index contributed by atoms with van der Waals surface area (Å²) in [6, 6.07) is -0.110. The molecule has 21 heavy (non-hydrogen) atoms. The number of ether oxygens (including phenoxy) is 2. The van der Waals surface area contributed by atoms with Gasteiger partial charge in [0, 0.05) is 12.6 Å². The molecule has 0 aliphatic rings. The summed E-state index contributed by atoms with van der Waals surface area (Å²) in [5, 5.41) is 9.22. The number of aliphatic carboxylic acids is 1. The van der Waals surface area contributed by atoms with Crippen LogP contribution in [0, 0.1) is 5.92 Å². The van der Waals surface area contributed by atoms with Crippen LogP contribution in [0.25, 0.3) is 0 Å². The van der Waals surface area contributed by atoms with E-state index in [1.807, 2.05) is 0 Å². The largest absolute Gasteiger partial charge is 0.481 e. The molecule has 0 aliphatic heterocycles. The summed E-state index contributed by atoms with van der Waals surface area (Å²) >= 11 is 0. The molecule has 0 rings (SSSR count). The molecule has 0 bridgehead atoms. The summed E-state index contributed by atoms with van der Waals surface area (Å²) in [4.78, 5) is 35.3. The fourth-order valence-electron chi connectivity index (χ4n) is 1.75. The Bertz CT molecular complexity index is 341. The fourth-order valence-corrected chi connectivity index (χ4v) is 1.75. The lowest BCUT2D eigenvalue weighted by Crippen LogP contribution is -2.41. The third-order valence-electron chi connectivity index (χ3n) is 2.96. The van der Waals surface area contributed by atoms with Gasteiger partial charge < -0.3 is 20.3 Å². The summed E-state index contributed by atoms with van der Waals surface area (Å²) in [7, 11) is 2.45. The first-order valence-corrected chi connectivity index (χ1v) is 6.64. The minimum absolute atomic E-state index is 0.0479. The summed E-state index contributed by atoms with van der Waals surface area (Å²) in [5.41, 5.74) is 5.62. The van der Waals surface area contributed by atoms with Gasteiger partial charge in [0.05, 0.1) is 33.2 Å². The van der Waals surface area contributed by atoms with E-state index in [0.29, 0.717) is 12.8 Å². The quantitative estimate of drug-likeness (QED) is 0.517. The average molecular weight is 304 g/mol. The van der Waals surface area contributed by atoms with Gasteiger partial charge in [-0.2, -0.15) is 0 Å². The Morgan fingerprint density at radius 3 is 1.90 bits per heavy atom. The molecule has 2 unspecified atom stereocenters. The van der Waals surface area contributed by atoms with Crippen molar-refractivity contribution in [3.8, 4) is 0 Å². The van der Waals surface area contributed by atoms with Gasteiger partial charge in [-0.15, -0.1) is 0 Å².